The number of anilines is 1. The van der Waals surface area contributed by atoms with Crippen molar-refractivity contribution in [3.05, 3.63) is 24.9 Å². The third kappa shape index (κ3) is 4.52. The van der Waals surface area contributed by atoms with Gasteiger partial charge in [0.2, 0.25) is 0 Å². The summed E-state index contributed by atoms with van der Waals surface area (Å²) < 4.78 is 7.22. The van der Waals surface area contributed by atoms with E-state index in [4.69, 9.17) is 4.74 Å². The van der Waals surface area contributed by atoms with Crippen LogP contribution >= 0.6 is 0 Å². The molecule has 1 aromatic heterocycles. The first-order valence-corrected chi connectivity index (χ1v) is 6.67. The molecule has 2 atom stereocenters. The van der Waals surface area contributed by atoms with E-state index in [0.29, 0.717) is 12.4 Å². The minimum absolute atomic E-state index is 0.158. The largest absolute Gasteiger partial charge is 0.368 e. The van der Waals surface area contributed by atoms with E-state index in [1.54, 1.807) is 25.3 Å². The van der Waals surface area contributed by atoms with Gasteiger partial charge in [-0.15, -0.1) is 6.58 Å². The van der Waals surface area contributed by atoms with Crippen LogP contribution in [0.5, 0.6) is 0 Å². The van der Waals surface area contributed by atoms with Crippen molar-refractivity contribution in [3.8, 4) is 0 Å². The topological polar surface area (TPSA) is 56.1 Å². The molecule has 1 rings (SSSR count). The summed E-state index contributed by atoms with van der Waals surface area (Å²) in [4.78, 5) is 12.0. The molecule has 0 aromatic carbocycles. The number of nitrogens with zero attached hydrogens (tertiary/aromatic N) is 2. The summed E-state index contributed by atoms with van der Waals surface area (Å²) in [5, 5.41) is 7.07. The van der Waals surface area contributed by atoms with E-state index < -0.39 is 6.10 Å². The molecular formula is C14H23N3O2. The molecule has 2 unspecified atom stereocenters. The fourth-order valence-electron chi connectivity index (χ4n) is 1.57. The van der Waals surface area contributed by atoms with E-state index in [9.17, 15) is 4.79 Å². The van der Waals surface area contributed by atoms with Gasteiger partial charge in [0.05, 0.1) is 18.8 Å². The van der Waals surface area contributed by atoms with E-state index >= 15 is 0 Å². The summed E-state index contributed by atoms with van der Waals surface area (Å²) in [7, 11) is 0. The molecule has 0 saturated heterocycles. The molecule has 0 aliphatic heterocycles. The molecule has 0 bridgehead atoms. The molecule has 1 aromatic rings. The second-order valence-electron chi connectivity index (χ2n) is 4.50. The lowest BCUT2D eigenvalue weighted by Gasteiger charge is -2.16. The molecule has 0 radical (unpaired) electrons. The number of rotatable bonds is 8. The van der Waals surface area contributed by atoms with Crippen molar-refractivity contribution in [2.75, 3.05) is 11.9 Å². The summed E-state index contributed by atoms with van der Waals surface area (Å²) in [5.41, 5.74) is 0. The summed E-state index contributed by atoms with van der Waals surface area (Å²) in [6.45, 7) is 10.00. The van der Waals surface area contributed by atoms with Crippen molar-refractivity contribution in [2.45, 2.75) is 45.8 Å². The number of ether oxygens (including phenoxy) is 1. The first kappa shape index (κ1) is 15.4. The van der Waals surface area contributed by atoms with Crippen molar-refractivity contribution in [2.24, 2.45) is 0 Å². The van der Waals surface area contributed by atoms with E-state index in [2.05, 4.69) is 30.8 Å². The molecule has 0 aliphatic rings. The van der Waals surface area contributed by atoms with Gasteiger partial charge in [-0.3, -0.25) is 4.79 Å². The van der Waals surface area contributed by atoms with Gasteiger partial charge < -0.3 is 10.1 Å². The number of carbonyl (C=O) groups excluding carboxylic acids is 1. The van der Waals surface area contributed by atoms with Crippen LogP contribution in [0, 0.1) is 0 Å². The lowest BCUT2D eigenvalue weighted by molar-refractivity contribution is -0.126. The smallest absolute Gasteiger partial charge is 0.254 e. The molecule has 0 spiro atoms. The van der Waals surface area contributed by atoms with Crippen molar-refractivity contribution in [1.29, 1.82) is 0 Å². The van der Waals surface area contributed by atoms with E-state index in [1.165, 1.54) is 0 Å². The van der Waals surface area contributed by atoms with Crippen molar-refractivity contribution in [1.82, 2.24) is 9.78 Å². The van der Waals surface area contributed by atoms with Crippen molar-refractivity contribution in [3.63, 3.8) is 0 Å². The molecule has 5 heteroatoms. The minimum atomic E-state index is -0.486. The maximum absolute atomic E-state index is 12.0. The van der Waals surface area contributed by atoms with Gasteiger partial charge in [-0.2, -0.15) is 5.10 Å². The normalized spacial score (nSPS) is 13.8. The van der Waals surface area contributed by atoms with Gasteiger partial charge in [0, 0.05) is 6.07 Å². The lowest BCUT2D eigenvalue weighted by atomic mass is 10.3. The Morgan fingerprint density at radius 3 is 3.00 bits per heavy atom. The quantitative estimate of drug-likeness (QED) is 0.581. The predicted octanol–water partition coefficient (Wildman–Crippen LogP) is 2.77. The Hall–Kier alpha value is -1.62. The first-order chi connectivity index (χ1) is 9.10. The Balaban J connectivity index is 2.56. The number of nitrogens with one attached hydrogen (secondary N) is 1. The van der Waals surface area contributed by atoms with Crippen LogP contribution in [0.4, 0.5) is 5.82 Å². The fourth-order valence-corrected chi connectivity index (χ4v) is 1.57. The predicted molar refractivity (Wildman–Crippen MR) is 76.1 cm³/mol. The highest BCUT2D eigenvalue weighted by Crippen LogP contribution is 2.16. The molecule has 0 aliphatic carbocycles. The van der Waals surface area contributed by atoms with E-state index in [0.717, 1.165) is 12.8 Å². The molecule has 0 fully saturated rings. The molecule has 0 saturated carbocycles. The third-order valence-corrected chi connectivity index (χ3v) is 2.99. The SMILES string of the molecule is C=CCCOC(C)C(=O)Nc1ccnn1C(C)CC. The van der Waals surface area contributed by atoms with Crippen LogP contribution in [0.2, 0.25) is 0 Å². The molecule has 5 nitrogen and oxygen atoms in total. The standard InChI is InChI=1S/C14H23N3O2/c1-5-7-10-19-12(4)14(18)16-13-8-9-15-17(13)11(3)6-2/h5,8-9,11-12H,1,6-7,10H2,2-4H3,(H,16,18). The average Bonchev–Trinajstić information content (AvgIpc) is 2.86. The van der Waals surface area contributed by atoms with Crippen molar-refractivity contribution < 1.29 is 9.53 Å². The molecule has 19 heavy (non-hydrogen) atoms. The second-order valence-corrected chi connectivity index (χ2v) is 4.50. The van der Waals surface area contributed by atoms with Crippen molar-refractivity contribution >= 4 is 11.7 Å². The van der Waals surface area contributed by atoms with Crippen LogP contribution < -0.4 is 5.32 Å². The van der Waals surface area contributed by atoms with Crippen LogP contribution in [-0.2, 0) is 9.53 Å². The summed E-state index contributed by atoms with van der Waals surface area (Å²) in [6, 6.07) is 2.04. The van der Waals surface area contributed by atoms with E-state index in [1.807, 2.05) is 4.68 Å². The summed E-state index contributed by atoms with van der Waals surface area (Å²) >= 11 is 0. The number of hydrogen-bond acceptors (Lipinski definition) is 3. The second kappa shape index (κ2) is 7.74. The zero-order chi connectivity index (χ0) is 14.3. The highest BCUT2D eigenvalue weighted by Gasteiger charge is 2.16. The Bertz CT molecular complexity index is 415. The van der Waals surface area contributed by atoms with Gasteiger partial charge in [-0.25, -0.2) is 4.68 Å². The summed E-state index contributed by atoms with van der Waals surface area (Å²) in [5.74, 6) is 0.549. The molecule has 106 valence electrons. The van der Waals surface area contributed by atoms with Crippen LogP contribution in [0.1, 0.15) is 39.7 Å². The van der Waals surface area contributed by atoms with Gasteiger partial charge >= 0.3 is 0 Å². The Morgan fingerprint density at radius 1 is 1.63 bits per heavy atom. The molecular weight excluding hydrogens is 242 g/mol. The fraction of sp³-hybridized carbons (Fsp3) is 0.571. The summed E-state index contributed by atoms with van der Waals surface area (Å²) in [6.07, 6.45) is 4.66. The maximum atomic E-state index is 12.0. The van der Waals surface area contributed by atoms with Crippen LogP contribution in [0.25, 0.3) is 0 Å². The van der Waals surface area contributed by atoms with Gasteiger partial charge in [-0.05, 0) is 26.7 Å². The van der Waals surface area contributed by atoms with E-state index in [-0.39, 0.29) is 11.9 Å². The number of aromatic nitrogens is 2. The number of hydrogen-bond donors (Lipinski definition) is 1. The number of carbonyl (C=O) groups is 1. The zero-order valence-electron chi connectivity index (χ0n) is 11.9. The Kier molecular flexibility index (Phi) is 6.29. The first-order valence-electron chi connectivity index (χ1n) is 6.67. The Morgan fingerprint density at radius 2 is 2.37 bits per heavy atom. The van der Waals surface area contributed by atoms with Crippen LogP contribution in [-0.4, -0.2) is 28.4 Å². The molecule has 1 heterocycles. The van der Waals surface area contributed by atoms with Gasteiger partial charge in [-0.1, -0.05) is 13.0 Å². The maximum Gasteiger partial charge on any atom is 0.254 e. The average molecular weight is 265 g/mol. The highest BCUT2D eigenvalue weighted by atomic mass is 16.5. The zero-order valence-corrected chi connectivity index (χ0v) is 11.9. The third-order valence-electron chi connectivity index (χ3n) is 2.99. The Labute approximate surface area is 114 Å². The van der Waals surface area contributed by atoms with Gasteiger partial charge in [0.25, 0.3) is 5.91 Å². The highest BCUT2D eigenvalue weighted by molar-refractivity contribution is 5.93. The van der Waals surface area contributed by atoms with Gasteiger partial charge in [0.15, 0.2) is 0 Å². The van der Waals surface area contributed by atoms with Gasteiger partial charge in [0.1, 0.15) is 11.9 Å². The lowest BCUT2D eigenvalue weighted by Crippen LogP contribution is -2.29. The van der Waals surface area contributed by atoms with Crippen LogP contribution in [0.15, 0.2) is 24.9 Å². The van der Waals surface area contributed by atoms with Crippen LogP contribution in [0.3, 0.4) is 0 Å². The minimum Gasteiger partial charge on any atom is -0.368 e. The monoisotopic (exact) mass is 265 g/mol. The number of amides is 1. The molecule has 1 amide bonds. The molecule has 1 N–H and O–H groups in total.